The first-order valence-electron chi connectivity index (χ1n) is 8.84. The summed E-state index contributed by atoms with van der Waals surface area (Å²) in [6.45, 7) is 5.16. The Labute approximate surface area is 143 Å². The molecule has 6 nitrogen and oxygen atoms in total. The van der Waals surface area contributed by atoms with Crippen molar-refractivity contribution in [3.63, 3.8) is 0 Å². The van der Waals surface area contributed by atoms with Crippen LogP contribution < -0.4 is 4.90 Å². The molecule has 1 saturated heterocycles. The van der Waals surface area contributed by atoms with E-state index < -0.39 is 0 Å². The van der Waals surface area contributed by atoms with Crippen LogP contribution in [0.2, 0.25) is 0 Å². The molecule has 0 unspecified atom stereocenters. The van der Waals surface area contributed by atoms with E-state index in [9.17, 15) is 0 Å². The highest BCUT2D eigenvalue weighted by Crippen LogP contribution is 2.35. The lowest BCUT2D eigenvalue weighted by atomic mass is 10.0. The molecule has 0 aromatic carbocycles. The number of aromatic nitrogens is 4. The van der Waals surface area contributed by atoms with Gasteiger partial charge in [0.05, 0.1) is 11.4 Å². The van der Waals surface area contributed by atoms with Gasteiger partial charge in [0.1, 0.15) is 12.1 Å². The molecule has 1 aliphatic carbocycles. The second-order valence-electron chi connectivity index (χ2n) is 6.80. The lowest BCUT2D eigenvalue weighted by Gasteiger charge is -2.39. The summed E-state index contributed by atoms with van der Waals surface area (Å²) in [5.74, 6) is 1.09. The van der Waals surface area contributed by atoms with Crippen molar-refractivity contribution in [2.24, 2.45) is 0 Å². The summed E-state index contributed by atoms with van der Waals surface area (Å²) >= 11 is 0. The molecular formula is C18H24N6. The van der Waals surface area contributed by atoms with Gasteiger partial charge in [-0.15, -0.1) is 0 Å². The Morgan fingerprint density at radius 1 is 1.00 bits per heavy atom. The molecule has 0 spiro atoms. The number of rotatable bonds is 5. The number of anilines is 1. The van der Waals surface area contributed by atoms with Gasteiger partial charge in [0.2, 0.25) is 0 Å². The van der Waals surface area contributed by atoms with Gasteiger partial charge in [-0.05, 0) is 38.7 Å². The van der Waals surface area contributed by atoms with Crippen LogP contribution in [0.1, 0.15) is 37.1 Å². The highest BCUT2D eigenvalue weighted by molar-refractivity contribution is 5.41. The topological polar surface area (TPSA) is 58.0 Å². The molecule has 0 amide bonds. The number of piperidine rings is 1. The Kier molecular flexibility index (Phi) is 4.38. The molecule has 0 atom stereocenters. The Morgan fingerprint density at radius 3 is 2.42 bits per heavy atom. The van der Waals surface area contributed by atoms with Crippen molar-refractivity contribution in [3.05, 3.63) is 42.4 Å². The van der Waals surface area contributed by atoms with E-state index in [0.717, 1.165) is 36.8 Å². The highest BCUT2D eigenvalue weighted by Gasteiger charge is 2.36. The standard InChI is InChI=1S/C18H24N6/c1-14-17(21-9-8-20-14)12-23-10-5-16(6-11-23)24(15-2-3-15)18-4-7-19-13-22-18/h4,7-9,13,15-16H,2-3,5-6,10-12H2,1H3. The van der Waals surface area contributed by atoms with Crippen molar-refractivity contribution in [3.8, 4) is 0 Å². The number of hydrogen-bond donors (Lipinski definition) is 0. The van der Waals surface area contributed by atoms with Gasteiger partial charge in [-0.1, -0.05) is 0 Å². The van der Waals surface area contributed by atoms with E-state index in [0.29, 0.717) is 12.1 Å². The molecule has 3 heterocycles. The maximum atomic E-state index is 4.50. The van der Waals surface area contributed by atoms with E-state index in [4.69, 9.17) is 0 Å². The van der Waals surface area contributed by atoms with Gasteiger partial charge in [-0.25, -0.2) is 9.97 Å². The van der Waals surface area contributed by atoms with Gasteiger partial charge in [-0.3, -0.25) is 14.9 Å². The van der Waals surface area contributed by atoms with Crippen molar-refractivity contribution >= 4 is 5.82 Å². The summed E-state index contributed by atoms with van der Waals surface area (Å²) in [7, 11) is 0. The van der Waals surface area contributed by atoms with Crippen LogP contribution in [-0.4, -0.2) is 50.0 Å². The fourth-order valence-corrected chi connectivity index (χ4v) is 3.62. The molecule has 2 aromatic heterocycles. The van der Waals surface area contributed by atoms with Crippen molar-refractivity contribution in [1.29, 1.82) is 0 Å². The third-order valence-corrected chi connectivity index (χ3v) is 5.08. The summed E-state index contributed by atoms with van der Waals surface area (Å²) in [5, 5.41) is 0. The first-order valence-corrected chi connectivity index (χ1v) is 8.84. The first-order chi connectivity index (χ1) is 11.8. The molecule has 1 aliphatic heterocycles. The average Bonchev–Trinajstić information content (AvgIpc) is 3.45. The van der Waals surface area contributed by atoms with Crippen molar-refractivity contribution < 1.29 is 0 Å². The number of aryl methyl sites for hydroxylation is 1. The van der Waals surface area contributed by atoms with Crippen LogP contribution in [0.25, 0.3) is 0 Å². The number of likely N-dealkylation sites (tertiary alicyclic amines) is 1. The zero-order valence-electron chi connectivity index (χ0n) is 14.2. The fraction of sp³-hybridized carbons (Fsp3) is 0.556. The van der Waals surface area contributed by atoms with Crippen molar-refractivity contribution in [1.82, 2.24) is 24.8 Å². The van der Waals surface area contributed by atoms with Crippen molar-refractivity contribution in [2.45, 2.75) is 51.2 Å². The first kappa shape index (κ1) is 15.4. The van der Waals surface area contributed by atoms with Gasteiger partial charge in [-0.2, -0.15) is 0 Å². The minimum absolute atomic E-state index is 0.589. The molecule has 4 rings (SSSR count). The summed E-state index contributed by atoms with van der Waals surface area (Å²) in [4.78, 5) is 22.4. The molecule has 6 heteroatoms. The van der Waals surface area contributed by atoms with Gasteiger partial charge in [0.15, 0.2) is 0 Å². The van der Waals surface area contributed by atoms with E-state index >= 15 is 0 Å². The monoisotopic (exact) mass is 324 g/mol. The van der Waals surface area contributed by atoms with Crippen LogP contribution in [0.4, 0.5) is 5.82 Å². The molecule has 1 saturated carbocycles. The minimum Gasteiger partial charge on any atom is -0.350 e. The largest absolute Gasteiger partial charge is 0.350 e. The Hall–Kier alpha value is -2.08. The quantitative estimate of drug-likeness (QED) is 0.840. The van der Waals surface area contributed by atoms with Crippen LogP contribution in [0, 0.1) is 6.92 Å². The molecule has 0 radical (unpaired) electrons. The Balaban J connectivity index is 1.39. The number of nitrogens with zero attached hydrogens (tertiary/aromatic N) is 6. The van der Waals surface area contributed by atoms with E-state index in [1.165, 1.54) is 25.7 Å². The second kappa shape index (κ2) is 6.81. The second-order valence-corrected chi connectivity index (χ2v) is 6.80. The van der Waals surface area contributed by atoms with E-state index in [1.807, 2.05) is 19.2 Å². The predicted octanol–water partition coefficient (Wildman–Crippen LogP) is 2.21. The maximum absolute atomic E-state index is 4.50. The summed E-state index contributed by atoms with van der Waals surface area (Å²) in [6.07, 6.45) is 12.0. The zero-order chi connectivity index (χ0) is 16.4. The molecule has 126 valence electrons. The molecule has 2 aliphatic rings. The Morgan fingerprint density at radius 2 is 1.75 bits per heavy atom. The summed E-state index contributed by atoms with van der Waals surface area (Å²) in [5.41, 5.74) is 2.14. The summed E-state index contributed by atoms with van der Waals surface area (Å²) < 4.78 is 0. The summed E-state index contributed by atoms with van der Waals surface area (Å²) in [6, 6.07) is 3.32. The third-order valence-electron chi connectivity index (χ3n) is 5.08. The molecular weight excluding hydrogens is 300 g/mol. The van der Waals surface area contributed by atoms with Gasteiger partial charge >= 0.3 is 0 Å². The van der Waals surface area contributed by atoms with Crippen LogP contribution >= 0.6 is 0 Å². The van der Waals surface area contributed by atoms with E-state index in [-0.39, 0.29) is 0 Å². The highest BCUT2D eigenvalue weighted by atomic mass is 15.3. The third kappa shape index (κ3) is 3.38. The molecule has 2 fully saturated rings. The molecule has 2 aromatic rings. The smallest absolute Gasteiger partial charge is 0.132 e. The molecule has 0 bridgehead atoms. The van der Waals surface area contributed by atoms with E-state index in [1.54, 1.807) is 18.7 Å². The minimum atomic E-state index is 0.589. The van der Waals surface area contributed by atoms with Crippen LogP contribution in [-0.2, 0) is 6.54 Å². The fourth-order valence-electron chi connectivity index (χ4n) is 3.62. The van der Waals surface area contributed by atoms with Crippen LogP contribution in [0.3, 0.4) is 0 Å². The van der Waals surface area contributed by atoms with Gasteiger partial charge in [0.25, 0.3) is 0 Å². The zero-order valence-corrected chi connectivity index (χ0v) is 14.2. The predicted molar refractivity (Wildman–Crippen MR) is 92.6 cm³/mol. The number of hydrogen-bond acceptors (Lipinski definition) is 6. The average molecular weight is 324 g/mol. The van der Waals surface area contributed by atoms with Gasteiger partial charge < -0.3 is 4.90 Å². The maximum Gasteiger partial charge on any atom is 0.132 e. The van der Waals surface area contributed by atoms with Crippen LogP contribution in [0.15, 0.2) is 31.0 Å². The normalized spacial score (nSPS) is 19.4. The van der Waals surface area contributed by atoms with Gasteiger partial charge in [0, 0.05) is 50.3 Å². The lowest BCUT2D eigenvalue weighted by molar-refractivity contribution is 0.198. The van der Waals surface area contributed by atoms with Crippen molar-refractivity contribution in [2.75, 3.05) is 18.0 Å². The SMILES string of the molecule is Cc1nccnc1CN1CCC(N(c2ccncn2)C2CC2)CC1. The Bertz CT molecular complexity index is 664. The molecule has 0 N–H and O–H groups in total. The molecule has 24 heavy (non-hydrogen) atoms. The van der Waals surface area contributed by atoms with Crippen LogP contribution in [0.5, 0.6) is 0 Å². The van der Waals surface area contributed by atoms with E-state index in [2.05, 4.69) is 29.7 Å². The lowest BCUT2D eigenvalue weighted by Crippen LogP contribution is -2.46.